The summed E-state index contributed by atoms with van der Waals surface area (Å²) >= 11 is 0. The van der Waals surface area contributed by atoms with Crippen molar-refractivity contribution in [1.82, 2.24) is 25.4 Å². The highest BCUT2D eigenvalue weighted by Gasteiger charge is 2.29. The SMILES string of the molecule is COc1ccc(OC)c(CNC(=O)N2CCCCC2c2ncn[nH]2)c1. The number of carbonyl (C=O) groups excluding carboxylic acids is 1. The maximum absolute atomic E-state index is 12.7. The molecule has 1 aliphatic rings. The molecule has 1 aromatic carbocycles. The number of nitrogens with one attached hydrogen (secondary N) is 2. The highest BCUT2D eigenvalue weighted by atomic mass is 16.5. The van der Waals surface area contributed by atoms with Gasteiger partial charge in [0.1, 0.15) is 23.7 Å². The number of benzene rings is 1. The predicted molar refractivity (Wildman–Crippen MR) is 91.5 cm³/mol. The molecule has 1 unspecified atom stereocenters. The monoisotopic (exact) mass is 345 g/mol. The number of nitrogens with zero attached hydrogens (tertiary/aromatic N) is 3. The van der Waals surface area contributed by atoms with Crippen LogP contribution in [0.25, 0.3) is 0 Å². The van der Waals surface area contributed by atoms with Crippen LogP contribution in [0.5, 0.6) is 11.5 Å². The standard InChI is InChI=1S/C17H23N5O3/c1-24-13-6-7-15(25-2)12(9-13)10-18-17(23)22-8-4-3-5-14(22)16-19-11-20-21-16/h6-7,9,11,14H,3-5,8,10H2,1-2H3,(H,18,23)(H,19,20,21). The minimum absolute atomic E-state index is 0.0662. The minimum Gasteiger partial charge on any atom is -0.497 e. The number of H-pyrrole nitrogens is 1. The summed E-state index contributed by atoms with van der Waals surface area (Å²) in [5, 5.41) is 9.76. The van der Waals surface area contributed by atoms with E-state index in [1.54, 1.807) is 14.2 Å². The van der Waals surface area contributed by atoms with Gasteiger partial charge in [0.15, 0.2) is 0 Å². The summed E-state index contributed by atoms with van der Waals surface area (Å²) in [6, 6.07) is 5.34. The van der Waals surface area contributed by atoms with Crippen LogP contribution < -0.4 is 14.8 Å². The van der Waals surface area contributed by atoms with Crippen molar-refractivity contribution < 1.29 is 14.3 Å². The fourth-order valence-electron chi connectivity index (χ4n) is 3.13. The fourth-order valence-corrected chi connectivity index (χ4v) is 3.13. The molecule has 0 saturated carbocycles. The number of aromatic nitrogens is 3. The zero-order valence-corrected chi connectivity index (χ0v) is 14.5. The Kier molecular flexibility index (Phi) is 5.37. The Bertz CT molecular complexity index is 704. The average molecular weight is 345 g/mol. The van der Waals surface area contributed by atoms with Crippen molar-refractivity contribution >= 4 is 6.03 Å². The third-order valence-corrected chi connectivity index (χ3v) is 4.43. The molecule has 1 aliphatic heterocycles. The van der Waals surface area contributed by atoms with Gasteiger partial charge in [0.25, 0.3) is 0 Å². The van der Waals surface area contributed by atoms with Crippen molar-refractivity contribution in [2.24, 2.45) is 0 Å². The average Bonchev–Trinajstić information content (AvgIpc) is 3.20. The molecule has 0 aliphatic carbocycles. The number of amides is 2. The van der Waals surface area contributed by atoms with Crippen LogP contribution in [0, 0.1) is 0 Å². The number of likely N-dealkylation sites (tertiary alicyclic amines) is 1. The predicted octanol–water partition coefficient (Wildman–Crippen LogP) is 2.26. The second-order valence-electron chi connectivity index (χ2n) is 5.91. The van der Waals surface area contributed by atoms with Crippen LogP contribution in [0.2, 0.25) is 0 Å². The van der Waals surface area contributed by atoms with Gasteiger partial charge in [0.05, 0.1) is 20.3 Å². The van der Waals surface area contributed by atoms with E-state index < -0.39 is 0 Å². The van der Waals surface area contributed by atoms with Gasteiger partial charge in [-0.3, -0.25) is 5.10 Å². The first kappa shape index (κ1) is 17.1. The fraction of sp³-hybridized carbons (Fsp3) is 0.471. The number of methoxy groups -OCH3 is 2. The molecule has 0 spiro atoms. The Labute approximate surface area is 146 Å². The van der Waals surface area contributed by atoms with Crippen molar-refractivity contribution in [2.45, 2.75) is 31.8 Å². The van der Waals surface area contributed by atoms with E-state index in [1.807, 2.05) is 23.1 Å². The van der Waals surface area contributed by atoms with Gasteiger partial charge >= 0.3 is 6.03 Å². The van der Waals surface area contributed by atoms with E-state index in [-0.39, 0.29) is 12.1 Å². The van der Waals surface area contributed by atoms with Gasteiger partial charge in [-0.1, -0.05) is 0 Å². The molecule has 2 N–H and O–H groups in total. The lowest BCUT2D eigenvalue weighted by Gasteiger charge is -2.34. The molecule has 3 rings (SSSR count). The normalized spacial score (nSPS) is 17.2. The molecule has 2 aromatic rings. The van der Waals surface area contributed by atoms with E-state index in [2.05, 4.69) is 20.5 Å². The van der Waals surface area contributed by atoms with Crippen molar-refractivity contribution in [3.8, 4) is 11.5 Å². The lowest BCUT2D eigenvalue weighted by Crippen LogP contribution is -2.44. The Morgan fingerprint density at radius 2 is 2.24 bits per heavy atom. The largest absolute Gasteiger partial charge is 0.497 e. The summed E-state index contributed by atoms with van der Waals surface area (Å²) in [7, 11) is 3.22. The Morgan fingerprint density at radius 1 is 1.36 bits per heavy atom. The van der Waals surface area contributed by atoms with Crippen molar-refractivity contribution in [2.75, 3.05) is 20.8 Å². The van der Waals surface area contributed by atoms with Gasteiger partial charge in [0, 0.05) is 18.7 Å². The second kappa shape index (κ2) is 7.87. The van der Waals surface area contributed by atoms with Crippen LogP contribution in [0.15, 0.2) is 24.5 Å². The molecule has 0 radical (unpaired) electrons. The third-order valence-electron chi connectivity index (χ3n) is 4.43. The number of hydrogen-bond acceptors (Lipinski definition) is 5. The van der Waals surface area contributed by atoms with Crippen LogP contribution in [0.1, 0.15) is 36.7 Å². The van der Waals surface area contributed by atoms with Gasteiger partial charge in [-0.15, -0.1) is 0 Å². The molecule has 8 heteroatoms. The van der Waals surface area contributed by atoms with Gasteiger partial charge in [-0.05, 0) is 37.5 Å². The molecule has 0 bridgehead atoms. The highest BCUT2D eigenvalue weighted by molar-refractivity contribution is 5.75. The number of hydrogen-bond donors (Lipinski definition) is 2. The van der Waals surface area contributed by atoms with Crippen LogP contribution in [-0.2, 0) is 6.54 Å². The molecule has 1 aromatic heterocycles. The van der Waals surface area contributed by atoms with E-state index >= 15 is 0 Å². The van der Waals surface area contributed by atoms with Crippen LogP contribution in [0.3, 0.4) is 0 Å². The van der Waals surface area contributed by atoms with Gasteiger partial charge in [-0.2, -0.15) is 5.10 Å². The first-order valence-electron chi connectivity index (χ1n) is 8.33. The van der Waals surface area contributed by atoms with Crippen LogP contribution in [0.4, 0.5) is 4.79 Å². The van der Waals surface area contributed by atoms with E-state index in [1.165, 1.54) is 6.33 Å². The number of ether oxygens (including phenoxy) is 2. The molecule has 8 nitrogen and oxygen atoms in total. The first-order valence-corrected chi connectivity index (χ1v) is 8.33. The van der Waals surface area contributed by atoms with Gasteiger partial charge in [0.2, 0.25) is 0 Å². The van der Waals surface area contributed by atoms with Crippen molar-refractivity contribution in [3.05, 3.63) is 35.9 Å². The smallest absolute Gasteiger partial charge is 0.318 e. The molecule has 1 saturated heterocycles. The van der Waals surface area contributed by atoms with Crippen molar-refractivity contribution in [1.29, 1.82) is 0 Å². The van der Waals surface area contributed by atoms with Gasteiger partial charge in [-0.25, -0.2) is 9.78 Å². The molecular weight excluding hydrogens is 322 g/mol. The summed E-state index contributed by atoms with van der Waals surface area (Å²) in [4.78, 5) is 18.7. The van der Waals surface area contributed by atoms with Crippen LogP contribution in [-0.4, -0.2) is 46.9 Å². The number of carbonyl (C=O) groups is 1. The van der Waals surface area contributed by atoms with E-state index in [0.717, 1.165) is 36.4 Å². The Morgan fingerprint density at radius 3 is 2.96 bits per heavy atom. The first-order chi connectivity index (χ1) is 12.2. The summed E-state index contributed by atoms with van der Waals surface area (Å²) in [6.45, 7) is 1.06. The topological polar surface area (TPSA) is 92.4 Å². The molecule has 2 amide bonds. The Hall–Kier alpha value is -2.77. The number of aromatic amines is 1. The highest BCUT2D eigenvalue weighted by Crippen LogP contribution is 2.29. The zero-order valence-electron chi connectivity index (χ0n) is 14.5. The second-order valence-corrected chi connectivity index (χ2v) is 5.91. The van der Waals surface area contributed by atoms with Crippen molar-refractivity contribution in [3.63, 3.8) is 0 Å². The number of urea groups is 1. The van der Waals surface area contributed by atoms with E-state index in [4.69, 9.17) is 9.47 Å². The van der Waals surface area contributed by atoms with Crippen LogP contribution >= 0.6 is 0 Å². The molecule has 1 atom stereocenters. The number of piperidine rings is 1. The maximum Gasteiger partial charge on any atom is 0.318 e. The zero-order chi connectivity index (χ0) is 17.6. The lowest BCUT2D eigenvalue weighted by molar-refractivity contribution is 0.147. The number of rotatable bonds is 5. The lowest BCUT2D eigenvalue weighted by atomic mass is 10.0. The molecule has 134 valence electrons. The maximum atomic E-state index is 12.7. The molecule has 1 fully saturated rings. The van der Waals surface area contributed by atoms with Gasteiger partial charge < -0.3 is 19.7 Å². The van der Waals surface area contributed by atoms with E-state index in [9.17, 15) is 4.79 Å². The summed E-state index contributed by atoms with van der Waals surface area (Å²) in [6.07, 6.45) is 4.41. The molecule has 2 heterocycles. The third kappa shape index (κ3) is 3.84. The quantitative estimate of drug-likeness (QED) is 0.867. The molecule has 25 heavy (non-hydrogen) atoms. The molecular formula is C17H23N5O3. The van der Waals surface area contributed by atoms with E-state index in [0.29, 0.717) is 18.8 Å². The summed E-state index contributed by atoms with van der Waals surface area (Å²) in [5.74, 6) is 2.17. The summed E-state index contributed by atoms with van der Waals surface area (Å²) < 4.78 is 10.6. The minimum atomic E-state index is -0.119. The Balaban J connectivity index is 1.69. The summed E-state index contributed by atoms with van der Waals surface area (Å²) in [5.41, 5.74) is 0.864.